The summed E-state index contributed by atoms with van der Waals surface area (Å²) in [6.07, 6.45) is 9.23. The van der Waals surface area contributed by atoms with E-state index in [0.29, 0.717) is 36.1 Å². The summed E-state index contributed by atoms with van der Waals surface area (Å²) in [4.78, 5) is 14.7. The van der Waals surface area contributed by atoms with Crippen LogP contribution in [0.3, 0.4) is 0 Å². The third kappa shape index (κ3) is 3.28. The Morgan fingerprint density at radius 2 is 2.18 bits per heavy atom. The molecule has 0 spiro atoms. The molecule has 3 aliphatic heterocycles. The first-order chi connectivity index (χ1) is 13.7. The molecule has 6 nitrogen and oxygen atoms in total. The SMILES string of the molecule is Cn1nc(C2CCCC2)cc1[C@H]1CN2CC[C@H]1C[C@@H]2CNC(=O)c1ccco1. The Labute approximate surface area is 166 Å². The lowest BCUT2D eigenvalue weighted by Gasteiger charge is -2.49. The number of fused-ring (bicyclic) bond motifs is 3. The van der Waals surface area contributed by atoms with Gasteiger partial charge in [0.1, 0.15) is 0 Å². The summed E-state index contributed by atoms with van der Waals surface area (Å²) in [7, 11) is 2.12. The zero-order valence-electron chi connectivity index (χ0n) is 16.6. The molecule has 3 saturated heterocycles. The summed E-state index contributed by atoms with van der Waals surface area (Å²) < 4.78 is 7.34. The van der Waals surface area contributed by atoms with Crippen molar-refractivity contribution in [3.05, 3.63) is 41.6 Å². The molecule has 0 radical (unpaired) electrons. The topological polar surface area (TPSA) is 63.3 Å². The van der Waals surface area contributed by atoms with E-state index < -0.39 is 0 Å². The van der Waals surface area contributed by atoms with Crippen molar-refractivity contribution in [3.8, 4) is 0 Å². The van der Waals surface area contributed by atoms with E-state index in [1.54, 1.807) is 18.4 Å². The second-order valence-electron chi connectivity index (χ2n) is 8.83. The molecule has 6 heteroatoms. The highest BCUT2D eigenvalue weighted by molar-refractivity contribution is 5.91. The van der Waals surface area contributed by atoms with Crippen molar-refractivity contribution in [1.29, 1.82) is 0 Å². The molecule has 1 amide bonds. The van der Waals surface area contributed by atoms with Crippen LogP contribution in [0.1, 0.15) is 72.3 Å². The van der Waals surface area contributed by atoms with Crippen LogP contribution in [-0.4, -0.2) is 46.3 Å². The van der Waals surface area contributed by atoms with Gasteiger partial charge in [0.15, 0.2) is 5.76 Å². The minimum Gasteiger partial charge on any atom is -0.459 e. The number of nitrogens with one attached hydrogen (secondary N) is 1. The molecule has 4 atom stereocenters. The van der Waals surface area contributed by atoms with Gasteiger partial charge in [0.05, 0.1) is 12.0 Å². The molecular formula is C22H30N4O2. The number of hydrogen-bond acceptors (Lipinski definition) is 4. The quantitative estimate of drug-likeness (QED) is 0.862. The van der Waals surface area contributed by atoms with Crippen molar-refractivity contribution in [2.45, 2.75) is 56.4 Å². The summed E-state index contributed by atoms with van der Waals surface area (Å²) in [5.41, 5.74) is 2.73. The van der Waals surface area contributed by atoms with Gasteiger partial charge in [0.25, 0.3) is 5.91 Å². The Kier molecular flexibility index (Phi) is 4.75. The maximum absolute atomic E-state index is 12.2. The first-order valence-corrected chi connectivity index (χ1v) is 10.8. The number of piperidine rings is 3. The third-order valence-electron chi connectivity index (χ3n) is 7.21. The second kappa shape index (κ2) is 7.39. The second-order valence-corrected chi connectivity index (χ2v) is 8.83. The van der Waals surface area contributed by atoms with Gasteiger partial charge in [-0.05, 0) is 56.3 Å². The lowest BCUT2D eigenvalue weighted by atomic mass is 9.74. The first kappa shape index (κ1) is 18.0. The number of hydrogen-bond donors (Lipinski definition) is 1. The Morgan fingerprint density at radius 3 is 2.89 bits per heavy atom. The molecular weight excluding hydrogens is 352 g/mol. The smallest absolute Gasteiger partial charge is 0.287 e. The van der Waals surface area contributed by atoms with Gasteiger partial charge >= 0.3 is 0 Å². The molecule has 4 aliphatic rings. The molecule has 0 aromatic carbocycles. The van der Waals surface area contributed by atoms with Gasteiger partial charge < -0.3 is 9.73 Å². The highest BCUT2D eigenvalue weighted by atomic mass is 16.3. The van der Waals surface area contributed by atoms with E-state index in [9.17, 15) is 4.79 Å². The summed E-state index contributed by atoms with van der Waals surface area (Å²) >= 11 is 0. The van der Waals surface area contributed by atoms with Crippen molar-refractivity contribution < 1.29 is 9.21 Å². The number of rotatable bonds is 5. The van der Waals surface area contributed by atoms with Crippen LogP contribution in [0.15, 0.2) is 28.9 Å². The highest BCUT2D eigenvalue weighted by Gasteiger charge is 2.42. The normalized spacial score (nSPS) is 30.0. The lowest BCUT2D eigenvalue weighted by molar-refractivity contribution is 0.0278. The number of amides is 1. The number of furan rings is 1. The van der Waals surface area contributed by atoms with E-state index in [2.05, 4.69) is 28.0 Å². The molecule has 1 aliphatic carbocycles. The van der Waals surface area contributed by atoms with Crippen LogP contribution in [0.25, 0.3) is 0 Å². The zero-order valence-corrected chi connectivity index (χ0v) is 16.6. The summed E-state index contributed by atoms with van der Waals surface area (Å²) in [5, 5.41) is 7.94. The van der Waals surface area contributed by atoms with E-state index in [-0.39, 0.29) is 5.91 Å². The van der Waals surface area contributed by atoms with E-state index in [1.807, 2.05) is 0 Å². The van der Waals surface area contributed by atoms with Crippen LogP contribution in [0.4, 0.5) is 0 Å². The number of aromatic nitrogens is 2. The number of carbonyl (C=O) groups is 1. The van der Waals surface area contributed by atoms with Crippen molar-refractivity contribution in [2.75, 3.05) is 19.6 Å². The average Bonchev–Trinajstić information content (AvgIpc) is 3.47. The third-order valence-corrected chi connectivity index (χ3v) is 7.21. The fourth-order valence-electron chi connectivity index (χ4n) is 5.66. The molecule has 1 N–H and O–H groups in total. The molecule has 2 aromatic rings. The highest BCUT2D eigenvalue weighted by Crippen LogP contribution is 2.43. The van der Waals surface area contributed by atoms with E-state index in [4.69, 9.17) is 9.52 Å². The lowest BCUT2D eigenvalue weighted by Crippen LogP contribution is -2.56. The fraction of sp³-hybridized carbons (Fsp3) is 0.636. The summed E-state index contributed by atoms with van der Waals surface area (Å²) in [6, 6.07) is 6.29. The molecule has 2 aromatic heterocycles. The first-order valence-electron chi connectivity index (χ1n) is 10.8. The monoisotopic (exact) mass is 382 g/mol. The zero-order chi connectivity index (χ0) is 19.1. The molecule has 150 valence electrons. The minimum atomic E-state index is -0.114. The van der Waals surface area contributed by atoms with E-state index >= 15 is 0 Å². The molecule has 6 rings (SSSR count). The predicted octanol–water partition coefficient (Wildman–Crippen LogP) is 3.28. The fourth-order valence-corrected chi connectivity index (χ4v) is 5.66. The number of nitrogens with zero attached hydrogens (tertiary/aromatic N) is 3. The molecule has 1 unspecified atom stereocenters. The van der Waals surface area contributed by atoms with Crippen molar-refractivity contribution in [2.24, 2.45) is 13.0 Å². The standard InChI is InChI=1S/C22H30N4O2/c1-25-20(12-19(24-25)15-5-2-3-6-15)18-14-26-9-8-16(18)11-17(26)13-23-22(27)21-7-4-10-28-21/h4,7,10,12,15-18H,2-3,5-6,8-9,11,13-14H2,1H3,(H,23,27)/t16-,17+,18-/m0/s1. The Balaban J connectivity index is 1.24. The van der Waals surface area contributed by atoms with Gasteiger partial charge in [-0.15, -0.1) is 0 Å². The molecule has 28 heavy (non-hydrogen) atoms. The van der Waals surface area contributed by atoms with Crippen molar-refractivity contribution >= 4 is 5.91 Å². The molecule has 5 heterocycles. The van der Waals surface area contributed by atoms with Gasteiger partial charge in [-0.2, -0.15) is 5.10 Å². The predicted molar refractivity (Wildman–Crippen MR) is 106 cm³/mol. The average molecular weight is 383 g/mol. The van der Waals surface area contributed by atoms with Gasteiger partial charge in [-0.25, -0.2) is 0 Å². The molecule has 2 bridgehead atoms. The largest absolute Gasteiger partial charge is 0.459 e. The Morgan fingerprint density at radius 1 is 1.32 bits per heavy atom. The Bertz CT molecular complexity index is 822. The van der Waals surface area contributed by atoms with Crippen LogP contribution < -0.4 is 5.32 Å². The number of carbonyl (C=O) groups excluding carboxylic acids is 1. The molecule has 1 saturated carbocycles. The maximum Gasteiger partial charge on any atom is 0.287 e. The summed E-state index contributed by atoms with van der Waals surface area (Å²) in [6.45, 7) is 2.91. The Hall–Kier alpha value is -2.08. The van der Waals surface area contributed by atoms with Crippen LogP contribution in [0.2, 0.25) is 0 Å². The van der Waals surface area contributed by atoms with Crippen LogP contribution in [0, 0.1) is 5.92 Å². The summed E-state index contributed by atoms with van der Waals surface area (Å²) in [5.74, 6) is 2.20. The van der Waals surface area contributed by atoms with Gasteiger partial charge in [-0.3, -0.25) is 14.4 Å². The van der Waals surface area contributed by atoms with Crippen LogP contribution >= 0.6 is 0 Å². The van der Waals surface area contributed by atoms with Crippen molar-refractivity contribution in [1.82, 2.24) is 20.0 Å². The van der Waals surface area contributed by atoms with E-state index in [0.717, 1.165) is 19.5 Å². The van der Waals surface area contributed by atoms with Gasteiger partial charge in [0.2, 0.25) is 0 Å². The van der Waals surface area contributed by atoms with Gasteiger partial charge in [-0.1, -0.05) is 12.8 Å². The van der Waals surface area contributed by atoms with E-state index in [1.165, 1.54) is 43.5 Å². The maximum atomic E-state index is 12.2. The number of aryl methyl sites for hydroxylation is 1. The van der Waals surface area contributed by atoms with Gasteiger partial charge in [0, 0.05) is 43.7 Å². The van der Waals surface area contributed by atoms with Crippen LogP contribution in [-0.2, 0) is 7.05 Å². The van der Waals surface area contributed by atoms with Crippen molar-refractivity contribution in [3.63, 3.8) is 0 Å². The minimum absolute atomic E-state index is 0.114. The van der Waals surface area contributed by atoms with Crippen LogP contribution in [0.5, 0.6) is 0 Å². The molecule has 4 fully saturated rings.